The molecule has 0 atom stereocenters. The summed E-state index contributed by atoms with van der Waals surface area (Å²) < 4.78 is 22.4. The van der Waals surface area contributed by atoms with E-state index in [4.69, 9.17) is 18.6 Å². The van der Waals surface area contributed by atoms with E-state index in [0.29, 0.717) is 22.4 Å². The van der Waals surface area contributed by atoms with E-state index in [1.807, 2.05) is 0 Å². The maximum Gasteiger partial charge on any atom is 0.357 e. The number of hydrogen-bond acceptors (Lipinski definition) is 8. The summed E-state index contributed by atoms with van der Waals surface area (Å²) >= 11 is 0. The SMILES string of the molecule is CCOC(=O)c1c(-c2cc3cc(OC)ccc3oc2=O)nn(-c2ccccc2)c1C(=O)OCC. The number of methoxy groups -OCH3 is 1. The summed E-state index contributed by atoms with van der Waals surface area (Å²) in [6.45, 7) is 3.42. The van der Waals surface area contributed by atoms with Gasteiger partial charge in [0.2, 0.25) is 0 Å². The van der Waals surface area contributed by atoms with Gasteiger partial charge in [-0.1, -0.05) is 18.2 Å². The summed E-state index contributed by atoms with van der Waals surface area (Å²) in [6.07, 6.45) is 0. The number of nitrogens with zero attached hydrogens (tertiary/aromatic N) is 2. The Labute approximate surface area is 194 Å². The Hall–Kier alpha value is -4.40. The smallest absolute Gasteiger partial charge is 0.357 e. The molecule has 0 spiro atoms. The largest absolute Gasteiger partial charge is 0.497 e. The van der Waals surface area contributed by atoms with Crippen LogP contribution in [0.3, 0.4) is 0 Å². The van der Waals surface area contributed by atoms with E-state index in [-0.39, 0.29) is 35.7 Å². The monoisotopic (exact) mass is 462 g/mol. The van der Waals surface area contributed by atoms with Crippen LogP contribution in [0, 0.1) is 0 Å². The van der Waals surface area contributed by atoms with Crippen molar-refractivity contribution in [3.05, 3.63) is 76.3 Å². The number of carbonyl (C=O) groups excluding carboxylic acids is 2. The molecule has 34 heavy (non-hydrogen) atoms. The van der Waals surface area contributed by atoms with E-state index in [0.717, 1.165) is 0 Å². The first-order valence-electron chi connectivity index (χ1n) is 10.6. The predicted molar refractivity (Wildman–Crippen MR) is 124 cm³/mol. The fourth-order valence-electron chi connectivity index (χ4n) is 3.54. The lowest BCUT2D eigenvalue weighted by molar-refractivity contribution is 0.0473. The zero-order valence-electron chi connectivity index (χ0n) is 18.9. The molecule has 2 aromatic carbocycles. The molecule has 174 valence electrons. The van der Waals surface area contributed by atoms with E-state index in [1.165, 1.54) is 11.8 Å². The highest BCUT2D eigenvalue weighted by Crippen LogP contribution is 2.30. The lowest BCUT2D eigenvalue weighted by atomic mass is 10.1. The molecule has 0 unspecified atom stereocenters. The second-order valence-electron chi connectivity index (χ2n) is 7.11. The maximum absolute atomic E-state index is 13.1. The number of benzene rings is 2. The van der Waals surface area contributed by atoms with Crippen LogP contribution in [-0.2, 0) is 9.47 Å². The molecular weight excluding hydrogens is 440 g/mol. The van der Waals surface area contributed by atoms with E-state index in [2.05, 4.69) is 5.10 Å². The molecule has 0 aliphatic carbocycles. The van der Waals surface area contributed by atoms with Gasteiger partial charge in [-0.25, -0.2) is 19.1 Å². The molecule has 2 aromatic heterocycles. The third-order valence-electron chi connectivity index (χ3n) is 5.03. The van der Waals surface area contributed by atoms with E-state index < -0.39 is 17.6 Å². The molecule has 0 saturated carbocycles. The molecule has 9 nitrogen and oxygen atoms in total. The van der Waals surface area contributed by atoms with Crippen LogP contribution in [0.15, 0.2) is 63.8 Å². The average molecular weight is 462 g/mol. The molecule has 0 amide bonds. The highest BCUT2D eigenvalue weighted by Gasteiger charge is 2.33. The Balaban J connectivity index is 2.06. The third-order valence-corrected chi connectivity index (χ3v) is 5.03. The van der Waals surface area contributed by atoms with Gasteiger partial charge in [0, 0.05) is 5.39 Å². The Morgan fingerprint density at radius 3 is 2.35 bits per heavy atom. The van der Waals surface area contributed by atoms with Gasteiger partial charge in [0.1, 0.15) is 22.6 Å². The topological polar surface area (TPSA) is 110 Å². The second-order valence-corrected chi connectivity index (χ2v) is 7.11. The number of rotatable bonds is 7. The first kappa shape index (κ1) is 22.8. The average Bonchev–Trinajstić information content (AvgIpc) is 3.25. The first-order chi connectivity index (χ1) is 16.5. The lowest BCUT2D eigenvalue weighted by Crippen LogP contribution is -2.17. The number of carbonyl (C=O) groups is 2. The van der Waals surface area contributed by atoms with Crippen LogP contribution in [-0.4, -0.2) is 42.0 Å². The van der Waals surface area contributed by atoms with Crippen LogP contribution in [0.2, 0.25) is 0 Å². The molecule has 4 rings (SSSR count). The molecule has 0 fully saturated rings. The molecule has 9 heteroatoms. The van der Waals surface area contributed by atoms with Crippen LogP contribution in [0.4, 0.5) is 0 Å². The molecule has 0 aliphatic rings. The number of ether oxygens (including phenoxy) is 3. The number of esters is 2. The zero-order chi connectivity index (χ0) is 24.2. The molecule has 0 saturated heterocycles. The summed E-state index contributed by atoms with van der Waals surface area (Å²) in [5, 5.41) is 5.04. The first-order valence-corrected chi connectivity index (χ1v) is 10.6. The fraction of sp³-hybridized carbons (Fsp3) is 0.200. The van der Waals surface area contributed by atoms with Gasteiger partial charge in [-0.2, -0.15) is 5.10 Å². The van der Waals surface area contributed by atoms with E-state index >= 15 is 0 Å². The van der Waals surface area contributed by atoms with Crippen molar-refractivity contribution >= 4 is 22.9 Å². The van der Waals surface area contributed by atoms with Crippen molar-refractivity contribution in [2.24, 2.45) is 0 Å². The van der Waals surface area contributed by atoms with Crippen molar-refractivity contribution in [2.45, 2.75) is 13.8 Å². The molecule has 0 N–H and O–H groups in total. The fourth-order valence-corrected chi connectivity index (χ4v) is 3.54. The van der Waals surface area contributed by atoms with Gasteiger partial charge >= 0.3 is 17.6 Å². The van der Waals surface area contributed by atoms with Crippen molar-refractivity contribution in [1.29, 1.82) is 0 Å². The summed E-state index contributed by atoms with van der Waals surface area (Å²) in [4.78, 5) is 39.0. The Bertz CT molecular complexity index is 1420. The molecule has 0 aliphatic heterocycles. The summed E-state index contributed by atoms with van der Waals surface area (Å²) in [5.41, 5.74) is -0.288. The van der Waals surface area contributed by atoms with Crippen molar-refractivity contribution in [2.75, 3.05) is 20.3 Å². The quantitative estimate of drug-likeness (QED) is 0.299. The van der Waals surface area contributed by atoms with Crippen molar-refractivity contribution in [3.63, 3.8) is 0 Å². The molecular formula is C25H22N2O7. The van der Waals surface area contributed by atoms with Crippen LogP contribution in [0.1, 0.15) is 34.7 Å². The number of hydrogen-bond donors (Lipinski definition) is 0. The van der Waals surface area contributed by atoms with Gasteiger partial charge in [0.05, 0.1) is 31.6 Å². The number of aromatic nitrogens is 2. The van der Waals surface area contributed by atoms with Crippen LogP contribution in [0.25, 0.3) is 27.9 Å². The van der Waals surface area contributed by atoms with Crippen molar-refractivity contribution in [1.82, 2.24) is 9.78 Å². The maximum atomic E-state index is 13.1. The van der Waals surface area contributed by atoms with Crippen LogP contribution >= 0.6 is 0 Å². The predicted octanol–water partition coefficient (Wildman–Crippen LogP) is 4.01. The Morgan fingerprint density at radius 1 is 0.971 bits per heavy atom. The highest BCUT2D eigenvalue weighted by atomic mass is 16.5. The van der Waals surface area contributed by atoms with E-state index in [9.17, 15) is 14.4 Å². The highest BCUT2D eigenvalue weighted by molar-refractivity contribution is 6.07. The van der Waals surface area contributed by atoms with Gasteiger partial charge in [-0.3, -0.25) is 0 Å². The summed E-state index contributed by atoms with van der Waals surface area (Å²) in [5.74, 6) is -1.03. The summed E-state index contributed by atoms with van der Waals surface area (Å²) in [7, 11) is 1.52. The second kappa shape index (κ2) is 9.62. The minimum Gasteiger partial charge on any atom is -0.497 e. The van der Waals surface area contributed by atoms with E-state index in [1.54, 1.807) is 68.4 Å². The number of para-hydroxylation sites is 1. The van der Waals surface area contributed by atoms with Crippen LogP contribution < -0.4 is 10.4 Å². The molecule has 0 radical (unpaired) electrons. The molecule has 2 heterocycles. The van der Waals surface area contributed by atoms with Crippen LogP contribution in [0.5, 0.6) is 5.75 Å². The van der Waals surface area contributed by atoms with Gasteiger partial charge in [0.25, 0.3) is 0 Å². The summed E-state index contributed by atoms with van der Waals surface area (Å²) in [6, 6.07) is 15.2. The van der Waals surface area contributed by atoms with Gasteiger partial charge in [-0.05, 0) is 50.2 Å². The van der Waals surface area contributed by atoms with Gasteiger partial charge in [-0.15, -0.1) is 0 Å². The van der Waals surface area contributed by atoms with Crippen molar-refractivity contribution < 1.29 is 28.2 Å². The Kier molecular flexibility index (Phi) is 6.44. The molecule has 0 bridgehead atoms. The minimum absolute atomic E-state index is 0.0102. The van der Waals surface area contributed by atoms with Crippen molar-refractivity contribution in [3.8, 4) is 22.7 Å². The third kappa shape index (κ3) is 4.15. The minimum atomic E-state index is -0.812. The lowest BCUT2D eigenvalue weighted by Gasteiger charge is -2.08. The molecule has 4 aromatic rings. The zero-order valence-corrected chi connectivity index (χ0v) is 18.9. The Morgan fingerprint density at radius 2 is 1.68 bits per heavy atom. The number of fused-ring (bicyclic) bond motifs is 1. The van der Waals surface area contributed by atoms with Gasteiger partial charge < -0.3 is 18.6 Å². The normalized spacial score (nSPS) is 10.8. The van der Waals surface area contributed by atoms with Gasteiger partial charge in [0.15, 0.2) is 5.69 Å². The standard InChI is InChI=1S/C25H22N2O7/c1-4-32-24(29)20-21(18-14-15-13-17(31-3)11-12-19(15)34-23(18)28)26-27(16-9-7-6-8-10-16)22(20)25(30)33-5-2/h6-14H,4-5H2,1-3H3.